The summed E-state index contributed by atoms with van der Waals surface area (Å²) < 4.78 is 0. The second kappa shape index (κ2) is 5.57. The quantitative estimate of drug-likeness (QED) is 0.590. The molecule has 7 heteroatoms. The molecule has 7 nitrogen and oxygen atoms in total. The van der Waals surface area contributed by atoms with Gasteiger partial charge in [0.2, 0.25) is 0 Å². The van der Waals surface area contributed by atoms with E-state index in [4.69, 9.17) is 0 Å². The average Bonchev–Trinajstić information content (AvgIpc) is 2.53. The summed E-state index contributed by atoms with van der Waals surface area (Å²) in [4.78, 5) is 33.2. The van der Waals surface area contributed by atoms with Crippen LogP contribution in [0.25, 0.3) is 23.1 Å². The van der Waals surface area contributed by atoms with Crippen molar-refractivity contribution < 1.29 is 4.92 Å². The van der Waals surface area contributed by atoms with E-state index in [0.717, 1.165) is 0 Å². The summed E-state index contributed by atoms with van der Waals surface area (Å²) in [5, 5.41) is 11.4. The molecule has 0 radical (unpaired) electrons. The molecule has 0 spiro atoms. The number of nitro groups is 1. The normalized spacial score (nSPS) is 11.1. The number of aromatic nitrogens is 3. The molecule has 0 aliphatic heterocycles. The Kier molecular flexibility index (Phi) is 3.45. The van der Waals surface area contributed by atoms with Crippen molar-refractivity contribution in [2.45, 2.75) is 0 Å². The number of aromatic amines is 1. The second-order valence-electron chi connectivity index (χ2n) is 4.49. The molecule has 3 rings (SSSR count). The van der Waals surface area contributed by atoms with E-state index in [1.54, 1.807) is 30.3 Å². The molecule has 0 saturated heterocycles. The van der Waals surface area contributed by atoms with Gasteiger partial charge in [-0.25, -0.2) is 4.98 Å². The fraction of sp³-hybridized carbons (Fsp3) is 0. The molecule has 0 atom stereocenters. The first-order valence-corrected chi connectivity index (χ1v) is 6.41. The molecule has 1 N–H and O–H groups in total. The Morgan fingerprint density at radius 1 is 1.18 bits per heavy atom. The van der Waals surface area contributed by atoms with Gasteiger partial charge in [0, 0.05) is 12.3 Å². The highest BCUT2D eigenvalue weighted by Crippen LogP contribution is 2.19. The minimum atomic E-state index is -0.458. The number of hydrogen-bond acceptors (Lipinski definition) is 5. The zero-order valence-corrected chi connectivity index (χ0v) is 11.3. The first-order valence-electron chi connectivity index (χ1n) is 6.41. The maximum atomic E-state index is 11.9. The number of hydrogen-bond donors (Lipinski definition) is 1. The minimum absolute atomic E-state index is 0.0106. The minimum Gasteiger partial charge on any atom is -0.306 e. The van der Waals surface area contributed by atoms with Crippen LogP contribution in [0.1, 0.15) is 11.4 Å². The Morgan fingerprint density at radius 2 is 2.00 bits per heavy atom. The maximum absolute atomic E-state index is 11.9. The molecule has 0 amide bonds. The summed E-state index contributed by atoms with van der Waals surface area (Å²) in [7, 11) is 0. The number of fused-ring (bicyclic) bond motifs is 1. The van der Waals surface area contributed by atoms with E-state index in [1.165, 1.54) is 24.5 Å². The van der Waals surface area contributed by atoms with Gasteiger partial charge in [0.05, 0.1) is 27.6 Å². The number of pyridine rings is 1. The molecular weight excluding hydrogens is 284 g/mol. The third-order valence-corrected chi connectivity index (χ3v) is 3.08. The fourth-order valence-corrected chi connectivity index (χ4v) is 2.05. The SMILES string of the molecule is O=c1[nH]c(C=Cc2ccccc2[N+](=O)[O-])nc2cnccc12. The van der Waals surface area contributed by atoms with Crippen LogP contribution in [-0.4, -0.2) is 19.9 Å². The van der Waals surface area contributed by atoms with Gasteiger partial charge in [-0.3, -0.25) is 19.9 Å². The van der Waals surface area contributed by atoms with Gasteiger partial charge in [0.15, 0.2) is 0 Å². The lowest BCUT2D eigenvalue weighted by molar-refractivity contribution is -0.385. The van der Waals surface area contributed by atoms with E-state index in [2.05, 4.69) is 15.0 Å². The average molecular weight is 294 g/mol. The predicted molar refractivity (Wildman–Crippen MR) is 82.2 cm³/mol. The van der Waals surface area contributed by atoms with Gasteiger partial charge in [-0.2, -0.15) is 0 Å². The lowest BCUT2D eigenvalue weighted by atomic mass is 10.1. The van der Waals surface area contributed by atoms with Crippen LogP contribution >= 0.6 is 0 Å². The van der Waals surface area contributed by atoms with Gasteiger partial charge in [0.25, 0.3) is 11.2 Å². The fourth-order valence-electron chi connectivity index (χ4n) is 2.05. The van der Waals surface area contributed by atoms with Crippen molar-refractivity contribution in [1.29, 1.82) is 0 Å². The van der Waals surface area contributed by atoms with Crippen LogP contribution in [0.15, 0.2) is 47.5 Å². The van der Waals surface area contributed by atoms with Crippen LogP contribution in [0.3, 0.4) is 0 Å². The van der Waals surface area contributed by atoms with E-state index in [1.807, 2.05) is 0 Å². The first kappa shape index (κ1) is 13.6. The molecule has 108 valence electrons. The number of H-pyrrole nitrogens is 1. The number of nitrogens with zero attached hydrogens (tertiary/aromatic N) is 3. The van der Waals surface area contributed by atoms with Crippen molar-refractivity contribution >= 4 is 28.7 Å². The summed E-state index contributed by atoms with van der Waals surface area (Å²) in [5.74, 6) is 0.309. The summed E-state index contributed by atoms with van der Waals surface area (Å²) >= 11 is 0. The van der Waals surface area contributed by atoms with Gasteiger partial charge in [0.1, 0.15) is 5.82 Å². The first-order chi connectivity index (χ1) is 10.6. The van der Waals surface area contributed by atoms with E-state index >= 15 is 0 Å². The van der Waals surface area contributed by atoms with Crippen LogP contribution in [0, 0.1) is 10.1 Å². The van der Waals surface area contributed by atoms with Crippen molar-refractivity contribution in [2.24, 2.45) is 0 Å². The Balaban J connectivity index is 2.03. The van der Waals surface area contributed by atoms with Crippen molar-refractivity contribution in [3.8, 4) is 0 Å². The van der Waals surface area contributed by atoms with Crippen molar-refractivity contribution in [3.05, 3.63) is 74.6 Å². The Morgan fingerprint density at radius 3 is 2.82 bits per heavy atom. The van der Waals surface area contributed by atoms with Crippen LogP contribution < -0.4 is 5.56 Å². The number of rotatable bonds is 3. The topological polar surface area (TPSA) is 102 Å². The third-order valence-electron chi connectivity index (χ3n) is 3.08. The zero-order valence-electron chi connectivity index (χ0n) is 11.3. The molecule has 0 saturated carbocycles. The summed E-state index contributed by atoms with van der Waals surface area (Å²) in [6.45, 7) is 0. The van der Waals surface area contributed by atoms with Gasteiger partial charge in [-0.15, -0.1) is 0 Å². The van der Waals surface area contributed by atoms with E-state index in [0.29, 0.717) is 22.3 Å². The van der Waals surface area contributed by atoms with E-state index < -0.39 is 4.92 Å². The summed E-state index contributed by atoms with van der Waals surface area (Å²) in [6, 6.07) is 7.91. The lowest BCUT2D eigenvalue weighted by Gasteiger charge is -1.99. The smallest absolute Gasteiger partial charge is 0.276 e. The van der Waals surface area contributed by atoms with Crippen LogP contribution in [0.5, 0.6) is 0 Å². The number of nitrogens with one attached hydrogen (secondary N) is 1. The predicted octanol–water partition coefficient (Wildman–Crippen LogP) is 2.40. The maximum Gasteiger partial charge on any atom is 0.276 e. The molecule has 22 heavy (non-hydrogen) atoms. The number of para-hydroxylation sites is 1. The Hall–Kier alpha value is -3.35. The molecule has 0 aliphatic carbocycles. The van der Waals surface area contributed by atoms with Crippen molar-refractivity contribution in [2.75, 3.05) is 0 Å². The van der Waals surface area contributed by atoms with E-state index in [-0.39, 0.29) is 11.2 Å². The molecular formula is C15H10N4O3. The zero-order chi connectivity index (χ0) is 15.5. The molecule has 0 aliphatic rings. The van der Waals surface area contributed by atoms with Crippen LogP contribution in [0.4, 0.5) is 5.69 Å². The van der Waals surface area contributed by atoms with Crippen molar-refractivity contribution in [3.63, 3.8) is 0 Å². The van der Waals surface area contributed by atoms with Gasteiger partial charge in [-0.05, 0) is 24.3 Å². The Bertz CT molecular complexity index is 947. The van der Waals surface area contributed by atoms with E-state index in [9.17, 15) is 14.9 Å². The monoisotopic (exact) mass is 294 g/mol. The molecule has 0 bridgehead atoms. The molecule has 0 fully saturated rings. The van der Waals surface area contributed by atoms with Gasteiger partial charge < -0.3 is 4.98 Å². The van der Waals surface area contributed by atoms with Crippen LogP contribution in [0.2, 0.25) is 0 Å². The highest BCUT2D eigenvalue weighted by atomic mass is 16.6. The molecule has 2 heterocycles. The van der Waals surface area contributed by atoms with Crippen molar-refractivity contribution in [1.82, 2.24) is 15.0 Å². The molecule has 3 aromatic rings. The standard InChI is InChI=1S/C15H10N4O3/c20-15-11-7-8-16-9-12(11)17-14(18-15)6-5-10-3-1-2-4-13(10)19(21)22/h1-9H,(H,17,18,20). The number of nitro benzene ring substituents is 1. The number of benzene rings is 1. The third kappa shape index (κ3) is 2.59. The summed E-state index contributed by atoms with van der Waals surface area (Å²) in [5.41, 5.74) is 0.605. The van der Waals surface area contributed by atoms with Crippen LogP contribution in [-0.2, 0) is 0 Å². The molecule has 0 unspecified atom stereocenters. The molecule has 1 aromatic carbocycles. The lowest BCUT2D eigenvalue weighted by Crippen LogP contribution is -2.09. The highest BCUT2D eigenvalue weighted by Gasteiger charge is 2.09. The Labute approximate surface area is 124 Å². The largest absolute Gasteiger partial charge is 0.306 e. The molecule has 2 aromatic heterocycles. The highest BCUT2D eigenvalue weighted by molar-refractivity contribution is 5.78. The van der Waals surface area contributed by atoms with Gasteiger partial charge >= 0.3 is 0 Å². The van der Waals surface area contributed by atoms with Gasteiger partial charge in [-0.1, -0.05) is 12.1 Å². The second-order valence-corrected chi connectivity index (χ2v) is 4.49. The summed E-state index contributed by atoms with van der Waals surface area (Å²) in [6.07, 6.45) is 6.07.